The van der Waals surface area contributed by atoms with Gasteiger partial charge in [0.1, 0.15) is 0 Å². The molecule has 3 aliphatic rings. The summed E-state index contributed by atoms with van der Waals surface area (Å²) in [6.07, 6.45) is 0. The summed E-state index contributed by atoms with van der Waals surface area (Å²) < 4.78 is 0. The standard InChI is InChI=1S/C57H47N/c1-35(2)42-13-7-8-14-43(42)38-21-23-39(24-22-38)58(40-26-30-51-49(33-40)45-16-9-11-17-50(45)56(51,5)6)41-25-29-48-44-15-10-12-18-52(44)57(55(48)34-41)53-31-36(3)19-27-46(53)47-28-20-37(4)32-54(47)57/h7-35H,1-6H3. The second-order valence-corrected chi connectivity index (χ2v) is 17.6. The van der Waals surface area contributed by atoms with Crippen LogP contribution < -0.4 is 4.90 Å². The predicted octanol–water partition coefficient (Wildman–Crippen LogP) is 15.2. The summed E-state index contributed by atoms with van der Waals surface area (Å²) >= 11 is 0. The van der Waals surface area contributed by atoms with Gasteiger partial charge in [-0.3, -0.25) is 0 Å². The van der Waals surface area contributed by atoms with Gasteiger partial charge in [-0.2, -0.15) is 0 Å². The van der Waals surface area contributed by atoms with Gasteiger partial charge in [-0.05, 0) is 140 Å². The normalized spacial score (nSPS) is 14.5. The predicted molar refractivity (Wildman–Crippen MR) is 244 cm³/mol. The zero-order chi connectivity index (χ0) is 39.5. The Morgan fingerprint density at radius 1 is 0.379 bits per heavy atom. The number of nitrogens with zero attached hydrogens (tertiary/aromatic N) is 1. The van der Waals surface area contributed by atoms with E-state index in [-0.39, 0.29) is 5.41 Å². The van der Waals surface area contributed by atoms with Crippen LogP contribution in [0.2, 0.25) is 0 Å². The summed E-state index contributed by atoms with van der Waals surface area (Å²) in [5, 5.41) is 0. The van der Waals surface area contributed by atoms with Gasteiger partial charge in [-0.1, -0.05) is 172 Å². The van der Waals surface area contributed by atoms with Crippen LogP contribution in [0.15, 0.2) is 170 Å². The molecule has 58 heavy (non-hydrogen) atoms. The Labute approximate surface area is 343 Å². The lowest BCUT2D eigenvalue weighted by molar-refractivity contribution is 0.660. The largest absolute Gasteiger partial charge is 0.310 e. The second kappa shape index (κ2) is 12.5. The van der Waals surface area contributed by atoms with Gasteiger partial charge in [-0.25, -0.2) is 0 Å². The van der Waals surface area contributed by atoms with Crippen LogP contribution in [-0.2, 0) is 10.8 Å². The number of benzene rings is 8. The van der Waals surface area contributed by atoms with E-state index in [2.05, 4.69) is 216 Å². The summed E-state index contributed by atoms with van der Waals surface area (Å²) in [4.78, 5) is 2.49. The Balaban J connectivity index is 1.16. The van der Waals surface area contributed by atoms with E-state index in [1.54, 1.807) is 0 Å². The molecule has 8 aromatic rings. The molecule has 0 amide bonds. The van der Waals surface area contributed by atoms with Crippen LogP contribution in [-0.4, -0.2) is 0 Å². The van der Waals surface area contributed by atoms with Crippen molar-refractivity contribution in [2.75, 3.05) is 4.90 Å². The van der Waals surface area contributed by atoms with Gasteiger partial charge in [-0.15, -0.1) is 0 Å². The van der Waals surface area contributed by atoms with Crippen LogP contribution in [0.4, 0.5) is 17.1 Å². The van der Waals surface area contributed by atoms with Crippen molar-refractivity contribution in [2.24, 2.45) is 0 Å². The molecule has 11 rings (SSSR count). The molecule has 3 aliphatic carbocycles. The summed E-state index contributed by atoms with van der Waals surface area (Å²) in [6, 6.07) is 64.8. The summed E-state index contributed by atoms with van der Waals surface area (Å²) in [5.41, 5.74) is 25.7. The molecule has 0 bridgehead atoms. The lowest BCUT2D eigenvalue weighted by atomic mass is 9.70. The molecule has 8 aromatic carbocycles. The van der Waals surface area contributed by atoms with E-state index in [1.807, 2.05) is 0 Å². The number of hydrogen-bond acceptors (Lipinski definition) is 1. The Bertz CT molecular complexity index is 2920. The Morgan fingerprint density at radius 2 is 0.845 bits per heavy atom. The average Bonchev–Trinajstić information content (AvgIpc) is 3.78. The van der Waals surface area contributed by atoms with Crippen molar-refractivity contribution in [1.29, 1.82) is 0 Å². The summed E-state index contributed by atoms with van der Waals surface area (Å²) in [5.74, 6) is 0.437. The molecule has 1 heteroatoms. The van der Waals surface area contributed by atoms with Crippen LogP contribution in [0, 0.1) is 13.8 Å². The first-order valence-corrected chi connectivity index (χ1v) is 20.9. The molecule has 1 nitrogen and oxygen atoms in total. The number of anilines is 3. The Morgan fingerprint density at radius 3 is 1.50 bits per heavy atom. The summed E-state index contributed by atoms with van der Waals surface area (Å²) in [7, 11) is 0. The van der Waals surface area contributed by atoms with Crippen LogP contribution >= 0.6 is 0 Å². The molecule has 0 saturated heterocycles. The molecular formula is C57H47N. The number of fused-ring (bicyclic) bond motifs is 13. The maximum Gasteiger partial charge on any atom is 0.0726 e. The fourth-order valence-corrected chi connectivity index (χ4v) is 10.9. The molecule has 0 saturated carbocycles. The maximum absolute atomic E-state index is 2.52. The highest BCUT2D eigenvalue weighted by atomic mass is 15.1. The quantitative estimate of drug-likeness (QED) is 0.170. The van der Waals surface area contributed by atoms with Gasteiger partial charge in [0.05, 0.1) is 5.41 Å². The molecule has 0 atom stereocenters. The lowest BCUT2D eigenvalue weighted by Gasteiger charge is -2.33. The van der Waals surface area contributed by atoms with E-state index in [0.717, 1.165) is 17.1 Å². The first kappa shape index (κ1) is 34.8. The fraction of sp³-hybridized carbons (Fsp3) is 0.158. The van der Waals surface area contributed by atoms with Crippen molar-refractivity contribution >= 4 is 17.1 Å². The molecule has 0 heterocycles. The second-order valence-electron chi connectivity index (χ2n) is 17.6. The van der Waals surface area contributed by atoms with Crippen molar-refractivity contribution in [3.8, 4) is 44.5 Å². The molecule has 0 unspecified atom stereocenters. The SMILES string of the molecule is Cc1ccc2c(c1)C1(c3ccccc3-c3ccc(N(c4ccc(-c5ccccc5C(C)C)cc4)c4ccc5c(c4)-c4ccccc4C5(C)C)cc31)c1cc(C)ccc1-2. The maximum atomic E-state index is 2.52. The minimum absolute atomic E-state index is 0.0635. The molecule has 280 valence electrons. The average molecular weight is 746 g/mol. The highest BCUT2D eigenvalue weighted by Gasteiger charge is 2.52. The Kier molecular flexibility index (Phi) is 7.51. The van der Waals surface area contributed by atoms with Crippen LogP contribution in [0.25, 0.3) is 44.5 Å². The number of aryl methyl sites for hydroxylation is 2. The first-order valence-electron chi connectivity index (χ1n) is 20.9. The minimum Gasteiger partial charge on any atom is -0.310 e. The molecule has 0 fully saturated rings. The van der Waals surface area contributed by atoms with E-state index in [1.165, 1.54) is 94.6 Å². The third kappa shape index (κ3) is 4.77. The molecule has 0 aromatic heterocycles. The van der Waals surface area contributed by atoms with Gasteiger partial charge in [0.2, 0.25) is 0 Å². The molecule has 1 spiro atoms. The first-order chi connectivity index (χ1) is 28.2. The highest BCUT2D eigenvalue weighted by Crippen LogP contribution is 2.64. The highest BCUT2D eigenvalue weighted by molar-refractivity contribution is 5.97. The van der Waals surface area contributed by atoms with Crippen LogP contribution in [0.3, 0.4) is 0 Å². The van der Waals surface area contributed by atoms with E-state index in [9.17, 15) is 0 Å². The van der Waals surface area contributed by atoms with E-state index in [0.29, 0.717) is 5.92 Å². The van der Waals surface area contributed by atoms with Crippen molar-refractivity contribution in [2.45, 2.75) is 58.3 Å². The zero-order valence-corrected chi connectivity index (χ0v) is 34.2. The van der Waals surface area contributed by atoms with Crippen LogP contribution in [0.1, 0.15) is 83.7 Å². The van der Waals surface area contributed by atoms with Gasteiger partial charge < -0.3 is 4.90 Å². The molecule has 0 radical (unpaired) electrons. The van der Waals surface area contributed by atoms with Gasteiger partial charge >= 0.3 is 0 Å². The fourth-order valence-electron chi connectivity index (χ4n) is 10.9. The number of hydrogen-bond donors (Lipinski definition) is 0. The van der Waals surface area contributed by atoms with E-state index in [4.69, 9.17) is 0 Å². The molecular weight excluding hydrogens is 699 g/mol. The third-order valence-corrected chi connectivity index (χ3v) is 13.6. The van der Waals surface area contributed by atoms with Crippen LogP contribution in [0.5, 0.6) is 0 Å². The smallest absolute Gasteiger partial charge is 0.0726 e. The third-order valence-electron chi connectivity index (χ3n) is 13.6. The van der Waals surface area contributed by atoms with Gasteiger partial charge in [0.25, 0.3) is 0 Å². The van der Waals surface area contributed by atoms with Crippen molar-refractivity contribution in [1.82, 2.24) is 0 Å². The van der Waals surface area contributed by atoms with Crippen molar-refractivity contribution in [3.63, 3.8) is 0 Å². The molecule has 0 aliphatic heterocycles. The summed E-state index contributed by atoms with van der Waals surface area (Å²) in [6.45, 7) is 13.8. The zero-order valence-electron chi connectivity index (χ0n) is 34.2. The monoisotopic (exact) mass is 745 g/mol. The van der Waals surface area contributed by atoms with E-state index < -0.39 is 5.41 Å². The van der Waals surface area contributed by atoms with Crippen molar-refractivity contribution in [3.05, 3.63) is 220 Å². The van der Waals surface area contributed by atoms with Gasteiger partial charge in [0, 0.05) is 22.5 Å². The topological polar surface area (TPSA) is 3.24 Å². The lowest BCUT2D eigenvalue weighted by Crippen LogP contribution is -2.26. The Hall–Kier alpha value is -6.44. The molecule has 0 N–H and O–H groups in total. The number of rotatable bonds is 5. The van der Waals surface area contributed by atoms with E-state index >= 15 is 0 Å². The van der Waals surface area contributed by atoms with Gasteiger partial charge in [0.15, 0.2) is 0 Å². The van der Waals surface area contributed by atoms with Crippen molar-refractivity contribution < 1.29 is 0 Å². The minimum atomic E-state index is -0.429.